The van der Waals surface area contributed by atoms with Gasteiger partial charge in [0.05, 0.1) is 12.1 Å². The summed E-state index contributed by atoms with van der Waals surface area (Å²) in [6.45, 7) is 3.10. The summed E-state index contributed by atoms with van der Waals surface area (Å²) in [6.07, 6.45) is 4.83. The van der Waals surface area contributed by atoms with E-state index in [4.69, 9.17) is 0 Å². The van der Waals surface area contributed by atoms with Crippen molar-refractivity contribution in [2.45, 2.75) is 18.9 Å². The van der Waals surface area contributed by atoms with E-state index in [-0.39, 0.29) is 17.7 Å². The summed E-state index contributed by atoms with van der Waals surface area (Å²) < 4.78 is 2.96. The Hall–Kier alpha value is -1.66. The molecule has 1 N–H and O–H groups in total. The van der Waals surface area contributed by atoms with Crippen LogP contribution < -0.4 is 5.32 Å². The van der Waals surface area contributed by atoms with Gasteiger partial charge in [-0.1, -0.05) is 28.1 Å². The van der Waals surface area contributed by atoms with Crippen LogP contribution in [0.2, 0.25) is 0 Å². The molecule has 1 aromatic carbocycles. The second kappa shape index (κ2) is 6.33. The molecular weight excluding hydrogens is 368 g/mol. The summed E-state index contributed by atoms with van der Waals surface area (Å²) >= 11 is 3.62. The van der Waals surface area contributed by atoms with Gasteiger partial charge in [0.2, 0.25) is 5.91 Å². The molecule has 6 heteroatoms. The second-order valence-electron chi connectivity index (χ2n) is 6.71. The fraction of sp³-hybridized carbons (Fsp3) is 0.444. The summed E-state index contributed by atoms with van der Waals surface area (Å²) in [7, 11) is 1.92. The first-order valence-corrected chi connectivity index (χ1v) is 9.17. The highest BCUT2D eigenvalue weighted by Crippen LogP contribution is 2.32. The van der Waals surface area contributed by atoms with E-state index >= 15 is 0 Å². The van der Waals surface area contributed by atoms with Gasteiger partial charge in [-0.05, 0) is 29.2 Å². The monoisotopic (exact) mass is 388 g/mol. The van der Waals surface area contributed by atoms with Gasteiger partial charge in [0.1, 0.15) is 0 Å². The number of amides is 1. The Labute approximate surface area is 150 Å². The van der Waals surface area contributed by atoms with Crippen LogP contribution in [0.3, 0.4) is 0 Å². The quantitative estimate of drug-likeness (QED) is 0.856. The number of halogens is 1. The first kappa shape index (κ1) is 15.8. The van der Waals surface area contributed by atoms with E-state index in [1.165, 1.54) is 11.1 Å². The molecule has 2 aliphatic rings. The lowest BCUT2D eigenvalue weighted by Crippen LogP contribution is -2.41. The van der Waals surface area contributed by atoms with Crippen molar-refractivity contribution in [1.82, 2.24) is 20.0 Å². The predicted molar refractivity (Wildman–Crippen MR) is 95.6 cm³/mol. The normalized spacial score (nSPS) is 23.3. The number of aryl methyl sites for hydroxylation is 1. The minimum atomic E-state index is 0.00269. The number of fused-ring (bicyclic) bond motifs is 1. The van der Waals surface area contributed by atoms with Crippen molar-refractivity contribution >= 4 is 21.8 Å². The molecule has 0 spiro atoms. The lowest BCUT2D eigenvalue weighted by Gasteiger charge is -2.32. The van der Waals surface area contributed by atoms with Crippen molar-refractivity contribution in [3.05, 3.63) is 51.8 Å². The molecule has 0 radical (unpaired) electrons. The first-order valence-electron chi connectivity index (χ1n) is 8.38. The van der Waals surface area contributed by atoms with Crippen LogP contribution in [0.15, 0.2) is 35.1 Å². The predicted octanol–water partition coefficient (Wildman–Crippen LogP) is 2.07. The van der Waals surface area contributed by atoms with Crippen molar-refractivity contribution in [2.24, 2.45) is 13.0 Å². The van der Waals surface area contributed by atoms with E-state index in [0.29, 0.717) is 6.54 Å². The molecule has 126 valence electrons. The summed E-state index contributed by atoms with van der Waals surface area (Å²) in [5, 5.41) is 7.65. The molecule has 2 aliphatic heterocycles. The number of carbonyl (C=O) groups excluding carboxylic acids is 1. The molecule has 0 bridgehead atoms. The van der Waals surface area contributed by atoms with Gasteiger partial charge in [0.15, 0.2) is 0 Å². The molecule has 3 heterocycles. The molecule has 5 nitrogen and oxygen atoms in total. The van der Waals surface area contributed by atoms with Crippen LogP contribution in [-0.4, -0.2) is 40.2 Å². The lowest BCUT2D eigenvalue weighted by atomic mass is 9.89. The van der Waals surface area contributed by atoms with Gasteiger partial charge in [0, 0.05) is 49.8 Å². The molecule has 4 rings (SSSR count). The average molecular weight is 389 g/mol. The van der Waals surface area contributed by atoms with Crippen molar-refractivity contribution in [3.8, 4) is 0 Å². The van der Waals surface area contributed by atoms with Gasteiger partial charge in [0.25, 0.3) is 0 Å². The molecule has 0 unspecified atom stereocenters. The highest BCUT2D eigenvalue weighted by atomic mass is 79.9. The Bertz CT molecular complexity index is 772. The van der Waals surface area contributed by atoms with E-state index in [0.717, 1.165) is 36.1 Å². The Morgan fingerprint density at radius 2 is 2.25 bits per heavy atom. The maximum absolute atomic E-state index is 13.1. The number of hydrogen-bond donors (Lipinski definition) is 1. The van der Waals surface area contributed by atoms with Crippen LogP contribution in [0.4, 0.5) is 0 Å². The van der Waals surface area contributed by atoms with Gasteiger partial charge in [-0.15, -0.1) is 0 Å². The molecule has 0 aliphatic carbocycles. The van der Waals surface area contributed by atoms with Gasteiger partial charge in [-0.2, -0.15) is 5.10 Å². The largest absolute Gasteiger partial charge is 0.338 e. The SMILES string of the molecule is Cn1cc([C@H]2CNC[C@@H]2C(=O)N2CCc3c(Br)cccc3C2)cn1. The second-order valence-corrected chi connectivity index (χ2v) is 7.56. The topological polar surface area (TPSA) is 50.2 Å². The number of aromatic nitrogens is 2. The zero-order chi connectivity index (χ0) is 16.7. The van der Waals surface area contributed by atoms with E-state index in [2.05, 4.69) is 38.5 Å². The number of nitrogens with one attached hydrogen (secondary N) is 1. The van der Waals surface area contributed by atoms with Gasteiger partial charge in [-0.3, -0.25) is 9.48 Å². The Morgan fingerprint density at radius 3 is 3.04 bits per heavy atom. The molecule has 2 atom stereocenters. The van der Waals surface area contributed by atoms with Crippen LogP contribution in [0.1, 0.15) is 22.6 Å². The minimum Gasteiger partial charge on any atom is -0.338 e. The highest BCUT2D eigenvalue weighted by Gasteiger charge is 2.37. The maximum Gasteiger partial charge on any atom is 0.227 e. The molecule has 24 heavy (non-hydrogen) atoms. The van der Waals surface area contributed by atoms with Crippen LogP contribution in [0.25, 0.3) is 0 Å². The Kier molecular flexibility index (Phi) is 4.18. The molecule has 1 amide bonds. The standard InChI is InChI=1S/C18H21BrN4O/c1-22-10-13(7-21-22)15-8-20-9-16(15)18(24)23-6-5-14-12(11-23)3-2-4-17(14)19/h2-4,7,10,15-16,20H,5-6,8-9,11H2,1H3/t15-,16+/m1/s1. The summed E-state index contributed by atoms with van der Waals surface area (Å²) in [6, 6.07) is 6.26. The summed E-state index contributed by atoms with van der Waals surface area (Å²) in [5.74, 6) is 0.484. The Morgan fingerprint density at radius 1 is 1.38 bits per heavy atom. The number of nitrogens with zero attached hydrogens (tertiary/aromatic N) is 3. The summed E-state index contributed by atoms with van der Waals surface area (Å²) in [4.78, 5) is 15.2. The third-order valence-corrected chi connectivity index (χ3v) is 5.95. The average Bonchev–Trinajstić information content (AvgIpc) is 3.22. The van der Waals surface area contributed by atoms with E-state index < -0.39 is 0 Å². The zero-order valence-electron chi connectivity index (χ0n) is 13.7. The molecule has 0 saturated carbocycles. The number of rotatable bonds is 2. The highest BCUT2D eigenvalue weighted by molar-refractivity contribution is 9.10. The molecular formula is C18H21BrN4O. The van der Waals surface area contributed by atoms with Gasteiger partial charge >= 0.3 is 0 Å². The molecule has 1 fully saturated rings. The Balaban J connectivity index is 1.53. The number of hydrogen-bond acceptors (Lipinski definition) is 3. The number of carbonyl (C=O) groups is 1. The van der Waals surface area contributed by atoms with Crippen LogP contribution in [-0.2, 0) is 24.8 Å². The smallest absolute Gasteiger partial charge is 0.227 e. The molecule has 1 saturated heterocycles. The first-order chi connectivity index (χ1) is 11.6. The van der Waals surface area contributed by atoms with Crippen molar-refractivity contribution in [3.63, 3.8) is 0 Å². The van der Waals surface area contributed by atoms with Gasteiger partial charge in [-0.25, -0.2) is 0 Å². The summed E-state index contributed by atoms with van der Waals surface area (Å²) in [5.41, 5.74) is 3.75. The van der Waals surface area contributed by atoms with E-state index in [1.54, 1.807) is 0 Å². The van der Waals surface area contributed by atoms with Crippen LogP contribution in [0.5, 0.6) is 0 Å². The fourth-order valence-corrected chi connectivity index (χ4v) is 4.51. The lowest BCUT2D eigenvalue weighted by molar-refractivity contribution is -0.136. The third-order valence-electron chi connectivity index (χ3n) is 5.20. The maximum atomic E-state index is 13.1. The molecule has 2 aromatic rings. The van der Waals surface area contributed by atoms with E-state index in [9.17, 15) is 4.79 Å². The fourth-order valence-electron chi connectivity index (χ4n) is 3.91. The van der Waals surface area contributed by atoms with Crippen molar-refractivity contribution in [2.75, 3.05) is 19.6 Å². The zero-order valence-corrected chi connectivity index (χ0v) is 15.3. The van der Waals surface area contributed by atoms with Crippen molar-refractivity contribution in [1.29, 1.82) is 0 Å². The molecule has 1 aromatic heterocycles. The third kappa shape index (κ3) is 2.78. The van der Waals surface area contributed by atoms with Crippen LogP contribution >= 0.6 is 15.9 Å². The minimum absolute atomic E-state index is 0.00269. The van der Waals surface area contributed by atoms with Crippen molar-refractivity contribution < 1.29 is 4.79 Å². The van der Waals surface area contributed by atoms with Crippen LogP contribution in [0, 0.1) is 5.92 Å². The number of benzene rings is 1. The van der Waals surface area contributed by atoms with E-state index in [1.807, 2.05) is 35.1 Å². The van der Waals surface area contributed by atoms with Gasteiger partial charge < -0.3 is 10.2 Å².